The second-order valence-corrected chi connectivity index (χ2v) is 6.03. The summed E-state index contributed by atoms with van der Waals surface area (Å²) in [4.78, 5) is 11.9. The Morgan fingerprint density at radius 2 is 1.85 bits per heavy atom. The SMILES string of the molecule is CC(C)(C)NCC(=O)Nc1cc2c(cc1Cl)OCCO2. The molecule has 1 aliphatic heterocycles. The van der Waals surface area contributed by atoms with Crippen LogP contribution in [-0.4, -0.2) is 31.2 Å². The summed E-state index contributed by atoms with van der Waals surface area (Å²) in [6.45, 7) is 7.21. The van der Waals surface area contributed by atoms with Crippen LogP contribution >= 0.6 is 11.6 Å². The van der Waals surface area contributed by atoms with Gasteiger partial charge in [-0.3, -0.25) is 4.79 Å². The van der Waals surface area contributed by atoms with Gasteiger partial charge in [-0.25, -0.2) is 0 Å². The molecule has 0 aliphatic carbocycles. The minimum atomic E-state index is -0.154. The van der Waals surface area contributed by atoms with E-state index in [1.807, 2.05) is 20.8 Å². The van der Waals surface area contributed by atoms with Crippen LogP contribution in [0.5, 0.6) is 11.5 Å². The van der Waals surface area contributed by atoms with E-state index in [4.69, 9.17) is 21.1 Å². The van der Waals surface area contributed by atoms with Crippen molar-refractivity contribution in [3.63, 3.8) is 0 Å². The van der Waals surface area contributed by atoms with Gasteiger partial charge < -0.3 is 20.1 Å². The maximum atomic E-state index is 11.9. The quantitative estimate of drug-likeness (QED) is 0.900. The molecule has 0 spiro atoms. The molecule has 6 heteroatoms. The van der Waals surface area contributed by atoms with Crippen LogP contribution in [0.15, 0.2) is 12.1 Å². The molecule has 5 nitrogen and oxygen atoms in total. The number of anilines is 1. The predicted octanol–water partition coefficient (Wildman–Crippen LogP) is 2.44. The largest absolute Gasteiger partial charge is 0.486 e. The van der Waals surface area contributed by atoms with E-state index < -0.39 is 0 Å². The van der Waals surface area contributed by atoms with Crippen LogP contribution in [0.4, 0.5) is 5.69 Å². The number of ether oxygens (including phenoxy) is 2. The molecule has 1 aromatic carbocycles. The minimum Gasteiger partial charge on any atom is -0.486 e. The molecule has 0 radical (unpaired) electrons. The maximum absolute atomic E-state index is 11.9. The first kappa shape index (κ1) is 14.9. The molecule has 2 N–H and O–H groups in total. The lowest BCUT2D eigenvalue weighted by atomic mass is 10.1. The monoisotopic (exact) mass is 298 g/mol. The van der Waals surface area contributed by atoms with Crippen LogP contribution in [0.3, 0.4) is 0 Å². The number of benzene rings is 1. The molecule has 110 valence electrons. The first-order chi connectivity index (χ1) is 9.35. The third kappa shape index (κ3) is 4.02. The Bertz CT molecular complexity index is 512. The first-order valence-corrected chi connectivity index (χ1v) is 6.87. The van der Waals surface area contributed by atoms with Crippen molar-refractivity contribution in [1.29, 1.82) is 0 Å². The van der Waals surface area contributed by atoms with Crippen molar-refractivity contribution in [2.24, 2.45) is 0 Å². The third-order valence-electron chi connectivity index (χ3n) is 2.69. The Labute approximate surface area is 123 Å². The number of halogens is 1. The predicted molar refractivity (Wildman–Crippen MR) is 78.8 cm³/mol. The van der Waals surface area contributed by atoms with E-state index >= 15 is 0 Å². The summed E-state index contributed by atoms with van der Waals surface area (Å²) in [5.74, 6) is 1.05. The molecule has 1 amide bonds. The van der Waals surface area contributed by atoms with Crippen LogP contribution < -0.4 is 20.1 Å². The van der Waals surface area contributed by atoms with Gasteiger partial charge in [0.25, 0.3) is 0 Å². The van der Waals surface area contributed by atoms with Gasteiger partial charge in [-0.05, 0) is 20.8 Å². The third-order valence-corrected chi connectivity index (χ3v) is 3.00. The summed E-state index contributed by atoms with van der Waals surface area (Å²) in [6.07, 6.45) is 0. The highest BCUT2D eigenvalue weighted by molar-refractivity contribution is 6.34. The fourth-order valence-corrected chi connectivity index (χ4v) is 1.90. The van der Waals surface area contributed by atoms with E-state index in [1.54, 1.807) is 12.1 Å². The minimum absolute atomic E-state index is 0.117. The van der Waals surface area contributed by atoms with Gasteiger partial charge in [0.1, 0.15) is 13.2 Å². The first-order valence-electron chi connectivity index (χ1n) is 6.49. The second kappa shape index (κ2) is 5.89. The van der Waals surface area contributed by atoms with Gasteiger partial charge in [-0.1, -0.05) is 11.6 Å². The van der Waals surface area contributed by atoms with E-state index in [1.165, 1.54) is 0 Å². The number of hydrogen-bond donors (Lipinski definition) is 2. The van der Waals surface area contributed by atoms with Gasteiger partial charge in [0.05, 0.1) is 17.3 Å². The molecular formula is C14H19ClN2O3. The van der Waals surface area contributed by atoms with E-state index in [-0.39, 0.29) is 18.0 Å². The summed E-state index contributed by atoms with van der Waals surface area (Å²) in [5, 5.41) is 6.31. The number of nitrogens with one attached hydrogen (secondary N) is 2. The molecule has 0 unspecified atom stereocenters. The molecular weight excluding hydrogens is 280 g/mol. The number of carbonyl (C=O) groups is 1. The number of rotatable bonds is 3. The van der Waals surface area contributed by atoms with Gasteiger partial charge in [0.15, 0.2) is 11.5 Å². The highest BCUT2D eigenvalue weighted by atomic mass is 35.5. The van der Waals surface area contributed by atoms with Gasteiger partial charge in [-0.2, -0.15) is 0 Å². The lowest BCUT2D eigenvalue weighted by molar-refractivity contribution is -0.115. The summed E-state index contributed by atoms with van der Waals surface area (Å²) >= 11 is 6.12. The van der Waals surface area contributed by atoms with Crippen molar-refractivity contribution in [1.82, 2.24) is 5.32 Å². The Balaban J connectivity index is 2.04. The maximum Gasteiger partial charge on any atom is 0.238 e. The lowest BCUT2D eigenvalue weighted by Crippen LogP contribution is -2.41. The molecule has 1 heterocycles. The van der Waals surface area contributed by atoms with Crippen molar-refractivity contribution in [3.05, 3.63) is 17.2 Å². The second-order valence-electron chi connectivity index (χ2n) is 5.63. The molecule has 0 saturated heterocycles. The molecule has 1 aromatic rings. The highest BCUT2D eigenvalue weighted by Gasteiger charge is 2.17. The van der Waals surface area contributed by atoms with Crippen molar-refractivity contribution >= 4 is 23.2 Å². The highest BCUT2D eigenvalue weighted by Crippen LogP contribution is 2.37. The van der Waals surface area contributed by atoms with Gasteiger partial charge in [0.2, 0.25) is 5.91 Å². The van der Waals surface area contributed by atoms with Crippen molar-refractivity contribution in [2.75, 3.05) is 25.1 Å². The Hall–Kier alpha value is -1.46. The molecule has 0 saturated carbocycles. The molecule has 1 aliphatic rings. The zero-order valence-corrected chi connectivity index (χ0v) is 12.6. The summed E-state index contributed by atoms with van der Waals surface area (Å²) < 4.78 is 10.9. The Morgan fingerprint density at radius 1 is 1.25 bits per heavy atom. The lowest BCUT2D eigenvalue weighted by Gasteiger charge is -2.21. The fourth-order valence-electron chi connectivity index (χ4n) is 1.70. The van der Waals surface area contributed by atoms with Crippen molar-refractivity contribution in [2.45, 2.75) is 26.3 Å². The summed E-state index contributed by atoms with van der Waals surface area (Å²) in [5.41, 5.74) is 0.408. The summed E-state index contributed by atoms with van der Waals surface area (Å²) in [7, 11) is 0. The van der Waals surface area contributed by atoms with E-state index in [0.29, 0.717) is 35.4 Å². The van der Waals surface area contributed by atoms with Crippen molar-refractivity contribution in [3.8, 4) is 11.5 Å². The smallest absolute Gasteiger partial charge is 0.238 e. The Morgan fingerprint density at radius 3 is 2.45 bits per heavy atom. The topological polar surface area (TPSA) is 59.6 Å². The van der Waals surface area contributed by atoms with Crippen molar-refractivity contribution < 1.29 is 14.3 Å². The average Bonchev–Trinajstić information content (AvgIpc) is 2.36. The molecule has 0 fully saturated rings. The molecule has 0 atom stereocenters. The normalized spacial score (nSPS) is 14.0. The van der Waals surface area contributed by atoms with E-state index in [2.05, 4.69) is 10.6 Å². The average molecular weight is 299 g/mol. The number of hydrogen-bond acceptors (Lipinski definition) is 4. The number of fused-ring (bicyclic) bond motifs is 1. The van der Waals surface area contributed by atoms with E-state index in [0.717, 1.165) is 0 Å². The fraction of sp³-hybridized carbons (Fsp3) is 0.500. The molecule has 0 aromatic heterocycles. The number of amides is 1. The van der Waals surface area contributed by atoms with Crippen LogP contribution in [0.2, 0.25) is 5.02 Å². The van der Waals surface area contributed by atoms with Crippen LogP contribution in [0.1, 0.15) is 20.8 Å². The van der Waals surface area contributed by atoms with Gasteiger partial charge >= 0.3 is 0 Å². The number of carbonyl (C=O) groups excluding carboxylic acids is 1. The van der Waals surface area contributed by atoms with Crippen LogP contribution in [0, 0.1) is 0 Å². The van der Waals surface area contributed by atoms with Crippen LogP contribution in [0.25, 0.3) is 0 Å². The zero-order valence-electron chi connectivity index (χ0n) is 11.9. The molecule has 2 rings (SSSR count). The summed E-state index contributed by atoms with van der Waals surface area (Å²) in [6, 6.07) is 3.34. The van der Waals surface area contributed by atoms with Gasteiger partial charge in [0, 0.05) is 17.7 Å². The van der Waals surface area contributed by atoms with Gasteiger partial charge in [-0.15, -0.1) is 0 Å². The van der Waals surface area contributed by atoms with Crippen LogP contribution in [-0.2, 0) is 4.79 Å². The standard InChI is InChI=1S/C14H19ClN2O3/c1-14(2,3)16-8-13(18)17-10-7-12-11(6-9(10)15)19-4-5-20-12/h6-7,16H,4-5,8H2,1-3H3,(H,17,18). The molecule has 0 bridgehead atoms. The Kier molecular flexibility index (Phi) is 4.40. The molecule has 20 heavy (non-hydrogen) atoms. The zero-order chi connectivity index (χ0) is 14.8. The van der Waals surface area contributed by atoms with E-state index in [9.17, 15) is 4.79 Å².